The second-order valence-electron chi connectivity index (χ2n) is 4.16. The number of hydrogen-bond acceptors (Lipinski definition) is 5. The molecule has 1 heterocycles. The molecule has 0 aliphatic heterocycles. The van der Waals surface area contributed by atoms with Crippen molar-refractivity contribution >= 4 is 17.3 Å². The van der Waals surface area contributed by atoms with E-state index in [-0.39, 0.29) is 11.6 Å². The molecule has 1 aromatic heterocycles. The summed E-state index contributed by atoms with van der Waals surface area (Å²) < 4.78 is 10.6. The first-order chi connectivity index (χ1) is 8.22. The Morgan fingerprint density at radius 1 is 1.53 bits per heavy atom. The van der Waals surface area contributed by atoms with E-state index >= 15 is 0 Å². The Morgan fingerprint density at radius 2 is 2.24 bits per heavy atom. The summed E-state index contributed by atoms with van der Waals surface area (Å²) in [6.07, 6.45) is 4.28. The van der Waals surface area contributed by atoms with Crippen molar-refractivity contribution in [1.29, 1.82) is 0 Å². The third-order valence-electron chi connectivity index (χ3n) is 3.18. The lowest BCUT2D eigenvalue weighted by Gasteiger charge is -2.24. The van der Waals surface area contributed by atoms with Gasteiger partial charge < -0.3 is 9.47 Å². The van der Waals surface area contributed by atoms with Crippen molar-refractivity contribution in [3.63, 3.8) is 0 Å². The molecule has 0 spiro atoms. The predicted octanol–water partition coefficient (Wildman–Crippen LogP) is 2.74. The van der Waals surface area contributed by atoms with E-state index in [1.807, 2.05) is 0 Å². The zero-order chi connectivity index (χ0) is 12.3. The standard InChI is InChI=1S/C12H17NO3S/c1-3-16-10(14)9-8-17-11(13-9)12(15-2)6-4-5-7-12/h8H,3-7H2,1-2H3. The van der Waals surface area contributed by atoms with Gasteiger partial charge in [-0.1, -0.05) is 12.8 Å². The van der Waals surface area contributed by atoms with Crippen LogP contribution in [0.3, 0.4) is 0 Å². The van der Waals surface area contributed by atoms with Gasteiger partial charge >= 0.3 is 5.97 Å². The Hall–Kier alpha value is -0.940. The van der Waals surface area contributed by atoms with Crippen LogP contribution in [-0.4, -0.2) is 24.7 Å². The van der Waals surface area contributed by atoms with E-state index in [0.29, 0.717) is 12.3 Å². The first kappa shape index (κ1) is 12.5. The van der Waals surface area contributed by atoms with Crippen molar-refractivity contribution in [3.8, 4) is 0 Å². The molecule has 0 unspecified atom stereocenters. The average Bonchev–Trinajstić information content (AvgIpc) is 2.99. The van der Waals surface area contributed by atoms with Gasteiger partial charge in [0.1, 0.15) is 10.6 Å². The summed E-state index contributed by atoms with van der Waals surface area (Å²) >= 11 is 1.49. The van der Waals surface area contributed by atoms with Crippen LogP contribution < -0.4 is 0 Å². The van der Waals surface area contributed by atoms with Crippen LogP contribution in [0.5, 0.6) is 0 Å². The topological polar surface area (TPSA) is 48.4 Å². The molecule has 1 aliphatic carbocycles. The summed E-state index contributed by atoms with van der Waals surface area (Å²) in [4.78, 5) is 15.9. The van der Waals surface area contributed by atoms with E-state index in [4.69, 9.17) is 9.47 Å². The normalized spacial score (nSPS) is 18.2. The lowest BCUT2D eigenvalue weighted by molar-refractivity contribution is -0.00901. The van der Waals surface area contributed by atoms with Crippen LogP contribution in [-0.2, 0) is 15.1 Å². The van der Waals surface area contributed by atoms with Crippen molar-refractivity contribution in [3.05, 3.63) is 16.1 Å². The van der Waals surface area contributed by atoms with Crippen molar-refractivity contribution in [1.82, 2.24) is 4.98 Å². The fraction of sp³-hybridized carbons (Fsp3) is 0.667. The van der Waals surface area contributed by atoms with Crippen LogP contribution >= 0.6 is 11.3 Å². The van der Waals surface area contributed by atoms with Gasteiger partial charge in [0.2, 0.25) is 0 Å². The number of esters is 1. The van der Waals surface area contributed by atoms with Gasteiger partial charge in [-0.25, -0.2) is 9.78 Å². The third-order valence-corrected chi connectivity index (χ3v) is 4.21. The van der Waals surface area contributed by atoms with E-state index in [0.717, 1.165) is 30.7 Å². The quantitative estimate of drug-likeness (QED) is 0.776. The third kappa shape index (κ3) is 2.35. The number of rotatable bonds is 4. The maximum atomic E-state index is 11.5. The van der Waals surface area contributed by atoms with Crippen molar-refractivity contribution < 1.29 is 14.3 Å². The fourth-order valence-electron chi connectivity index (χ4n) is 2.23. The molecule has 0 aromatic carbocycles. The van der Waals surface area contributed by atoms with Gasteiger partial charge in [0.15, 0.2) is 5.69 Å². The van der Waals surface area contributed by atoms with Crippen molar-refractivity contribution in [2.24, 2.45) is 0 Å². The number of carbonyl (C=O) groups excluding carboxylic acids is 1. The number of ether oxygens (including phenoxy) is 2. The maximum absolute atomic E-state index is 11.5. The lowest BCUT2D eigenvalue weighted by atomic mass is 10.0. The first-order valence-electron chi connectivity index (χ1n) is 5.90. The molecule has 0 saturated heterocycles. The summed E-state index contributed by atoms with van der Waals surface area (Å²) in [6, 6.07) is 0. The van der Waals surface area contributed by atoms with Gasteiger partial charge in [-0.15, -0.1) is 11.3 Å². The smallest absolute Gasteiger partial charge is 0.357 e. The second kappa shape index (κ2) is 5.14. The molecule has 5 heteroatoms. The molecule has 0 atom stereocenters. The van der Waals surface area contributed by atoms with Gasteiger partial charge in [-0.05, 0) is 19.8 Å². The van der Waals surface area contributed by atoms with Crippen LogP contribution in [0.2, 0.25) is 0 Å². The fourth-order valence-corrected chi connectivity index (χ4v) is 3.26. The number of carbonyl (C=O) groups is 1. The molecule has 17 heavy (non-hydrogen) atoms. The molecule has 1 fully saturated rings. The molecule has 4 nitrogen and oxygen atoms in total. The van der Waals surface area contributed by atoms with Crippen LogP contribution in [0.4, 0.5) is 0 Å². The molecule has 1 saturated carbocycles. The highest BCUT2D eigenvalue weighted by atomic mass is 32.1. The lowest BCUT2D eigenvalue weighted by Crippen LogP contribution is -2.24. The maximum Gasteiger partial charge on any atom is 0.357 e. The Balaban J connectivity index is 2.19. The van der Waals surface area contributed by atoms with Crippen LogP contribution in [0.25, 0.3) is 0 Å². The summed E-state index contributed by atoms with van der Waals surface area (Å²) in [5, 5.41) is 2.66. The molecule has 94 valence electrons. The highest BCUT2D eigenvalue weighted by Crippen LogP contribution is 2.42. The average molecular weight is 255 g/mol. The van der Waals surface area contributed by atoms with Gasteiger partial charge in [0.25, 0.3) is 0 Å². The first-order valence-corrected chi connectivity index (χ1v) is 6.78. The van der Waals surface area contributed by atoms with Gasteiger partial charge in [0.05, 0.1) is 6.61 Å². The van der Waals surface area contributed by atoms with Crippen LogP contribution in [0.1, 0.15) is 48.1 Å². The predicted molar refractivity (Wildman–Crippen MR) is 65.2 cm³/mol. The van der Waals surface area contributed by atoms with Crippen molar-refractivity contribution in [2.45, 2.75) is 38.2 Å². The van der Waals surface area contributed by atoms with E-state index in [1.165, 1.54) is 11.3 Å². The number of nitrogens with zero attached hydrogens (tertiary/aromatic N) is 1. The zero-order valence-corrected chi connectivity index (χ0v) is 11.0. The van der Waals surface area contributed by atoms with Crippen LogP contribution in [0, 0.1) is 0 Å². The molecular formula is C12H17NO3S. The minimum absolute atomic E-state index is 0.268. The largest absolute Gasteiger partial charge is 0.461 e. The minimum Gasteiger partial charge on any atom is -0.461 e. The van der Waals surface area contributed by atoms with Gasteiger partial charge in [-0.2, -0.15) is 0 Å². The summed E-state index contributed by atoms with van der Waals surface area (Å²) in [5.41, 5.74) is 0.130. The monoisotopic (exact) mass is 255 g/mol. The summed E-state index contributed by atoms with van der Waals surface area (Å²) in [7, 11) is 1.72. The highest BCUT2D eigenvalue weighted by Gasteiger charge is 2.38. The Morgan fingerprint density at radius 3 is 2.82 bits per heavy atom. The molecule has 0 amide bonds. The van der Waals surface area contributed by atoms with Crippen LogP contribution in [0.15, 0.2) is 5.38 Å². The van der Waals surface area contributed by atoms with E-state index in [1.54, 1.807) is 19.4 Å². The molecule has 0 radical (unpaired) electrons. The van der Waals surface area contributed by atoms with E-state index < -0.39 is 0 Å². The minimum atomic E-state index is -0.348. The molecule has 0 N–H and O–H groups in total. The Kier molecular flexibility index (Phi) is 3.79. The molecular weight excluding hydrogens is 238 g/mol. The number of methoxy groups -OCH3 is 1. The highest BCUT2D eigenvalue weighted by molar-refractivity contribution is 7.10. The molecule has 0 bridgehead atoms. The SMILES string of the molecule is CCOC(=O)c1csc(C2(OC)CCCC2)n1. The van der Waals surface area contributed by atoms with Gasteiger partial charge in [-0.3, -0.25) is 0 Å². The van der Waals surface area contributed by atoms with Gasteiger partial charge in [0, 0.05) is 12.5 Å². The Bertz CT molecular complexity index is 396. The number of thiazole rings is 1. The number of hydrogen-bond donors (Lipinski definition) is 0. The number of aromatic nitrogens is 1. The molecule has 1 aliphatic rings. The molecule has 2 rings (SSSR count). The molecule has 1 aromatic rings. The van der Waals surface area contributed by atoms with Crippen molar-refractivity contribution in [2.75, 3.05) is 13.7 Å². The summed E-state index contributed by atoms with van der Waals surface area (Å²) in [5.74, 6) is -0.348. The Labute approximate surface area is 105 Å². The van der Waals surface area contributed by atoms with E-state index in [2.05, 4.69) is 4.98 Å². The van der Waals surface area contributed by atoms with E-state index in [9.17, 15) is 4.79 Å². The summed E-state index contributed by atoms with van der Waals surface area (Å²) in [6.45, 7) is 2.17. The second-order valence-corrected chi connectivity index (χ2v) is 5.02. The zero-order valence-electron chi connectivity index (χ0n) is 10.2.